The van der Waals surface area contributed by atoms with Crippen LogP contribution in [0.15, 0.2) is 29.2 Å². The highest BCUT2D eigenvalue weighted by Crippen LogP contribution is 2.62. The molecule has 0 saturated heterocycles. The average molecular weight is 363 g/mol. The first-order chi connectivity index (χ1) is 11.7. The van der Waals surface area contributed by atoms with Crippen molar-refractivity contribution in [2.75, 3.05) is 12.9 Å². The quantitative estimate of drug-likeness (QED) is 0.688. The third-order valence-corrected chi connectivity index (χ3v) is 8.31. The van der Waals surface area contributed by atoms with Crippen molar-refractivity contribution in [3.8, 4) is 5.75 Å². The van der Waals surface area contributed by atoms with Gasteiger partial charge < -0.3 is 9.84 Å². The number of fused-ring (bicyclic) bond motifs is 1. The lowest BCUT2D eigenvalue weighted by atomic mass is 9.46. The van der Waals surface area contributed by atoms with Crippen molar-refractivity contribution >= 4 is 11.8 Å². The molecule has 1 N–H and O–H groups in total. The summed E-state index contributed by atoms with van der Waals surface area (Å²) >= 11 is 1.87. The van der Waals surface area contributed by atoms with Crippen molar-refractivity contribution < 1.29 is 9.84 Å². The van der Waals surface area contributed by atoms with Gasteiger partial charge in [0, 0.05) is 16.6 Å². The molecule has 0 heterocycles. The van der Waals surface area contributed by atoms with Crippen LogP contribution < -0.4 is 4.74 Å². The maximum absolute atomic E-state index is 11.2. The number of ether oxygens (including phenoxy) is 1. The fraction of sp³-hybridized carbons (Fsp3) is 0.727. The molecule has 3 rings (SSSR count). The van der Waals surface area contributed by atoms with Gasteiger partial charge in [-0.3, -0.25) is 0 Å². The highest BCUT2D eigenvalue weighted by molar-refractivity contribution is 7.99. The zero-order chi connectivity index (χ0) is 18.3. The summed E-state index contributed by atoms with van der Waals surface area (Å²) in [6.45, 7) is 9.43. The van der Waals surface area contributed by atoms with Crippen LogP contribution in [-0.4, -0.2) is 23.6 Å². The number of hydrogen-bond acceptors (Lipinski definition) is 3. The highest BCUT2D eigenvalue weighted by atomic mass is 32.2. The molecule has 4 atom stereocenters. The lowest BCUT2D eigenvalue weighted by Gasteiger charge is -2.61. The number of aliphatic hydroxyl groups is 1. The van der Waals surface area contributed by atoms with Crippen molar-refractivity contribution in [1.29, 1.82) is 0 Å². The minimum atomic E-state index is -0.565. The first kappa shape index (κ1) is 19.1. The Morgan fingerprint density at radius 1 is 1.16 bits per heavy atom. The van der Waals surface area contributed by atoms with Gasteiger partial charge in [-0.25, -0.2) is 0 Å². The fourth-order valence-electron chi connectivity index (χ4n) is 5.87. The van der Waals surface area contributed by atoms with Gasteiger partial charge in [0.15, 0.2) is 0 Å². The number of rotatable bonds is 4. The number of benzene rings is 1. The van der Waals surface area contributed by atoms with Crippen molar-refractivity contribution in [2.45, 2.75) is 70.3 Å². The van der Waals surface area contributed by atoms with Crippen molar-refractivity contribution in [2.24, 2.45) is 22.7 Å². The Morgan fingerprint density at radius 2 is 1.92 bits per heavy atom. The van der Waals surface area contributed by atoms with Crippen LogP contribution in [0.1, 0.15) is 59.8 Å². The topological polar surface area (TPSA) is 29.5 Å². The Hall–Kier alpha value is -0.670. The molecule has 2 fully saturated rings. The summed E-state index contributed by atoms with van der Waals surface area (Å²) in [6, 6.07) is 8.29. The van der Waals surface area contributed by atoms with Gasteiger partial charge in [-0.15, -0.1) is 11.8 Å². The van der Waals surface area contributed by atoms with Crippen molar-refractivity contribution in [3.63, 3.8) is 0 Å². The molecule has 3 heteroatoms. The molecule has 2 saturated carbocycles. The molecule has 0 bridgehead atoms. The lowest BCUT2D eigenvalue weighted by molar-refractivity contribution is -0.158. The first-order valence-corrected chi connectivity index (χ1v) is 10.7. The van der Waals surface area contributed by atoms with E-state index in [4.69, 9.17) is 4.74 Å². The maximum Gasteiger partial charge on any atom is 0.119 e. The first-order valence-electron chi connectivity index (χ1n) is 9.68. The Bertz CT molecular complexity index is 610. The minimum absolute atomic E-state index is 0.232. The van der Waals surface area contributed by atoms with E-state index in [1.165, 1.54) is 24.2 Å². The van der Waals surface area contributed by atoms with Gasteiger partial charge in [0.1, 0.15) is 5.75 Å². The molecule has 0 spiro atoms. The molecule has 25 heavy (non-hydrogen) atoms. The summed E-state index contributed by atoms with van der Waals surface area (Å²) in [5.41, 5.74) is 0.0578. The molecule has 0 amide bonds. The molecule has 2 aliphatic rings. The normalized spacial score (nSPS) is 37.4. The standard InChI is InChI=1S/C22H34O2S/c1-20(2)11-7-12-21(3)18(20)10-13-22(4,23)19(21)15-25-17-9-6-8-16(14-17)24-5/h6,8-9,14,18-19,23H,7,10-13,15H2,1-5H3. The fourth-order valence-corrected chi connectivity index (χ4v) is 7.34. The van der Waals surface area contributed by atoms with Gasteiger partial charge in [-0.2, -0.15) is 0 Å². The van der Waals surface area contributed by atoms with E-state index < -0.39 is 5.60 Å². The molecule has 0 aromatic heterocycles. The van der Waals surface area contributed by atoms with E-state index in [9.17, 15) is 5.11 Å². The molecule has 0 radical (unpaired) electrons. The van der Waals surface area contributed by atoms with E-state index in [-0.39, 0.29) is 5.41 Å². The SMILES string of the molecule is COc1cccc(SCC2C(C)(O)CCC3C(C)(C)CCCC32C)c1. The predicted octanol–water partition coefficient (Wildman–Crippen LogP) is 5.78. The van der Waals surface area contributed by atoms with Crippen LogP contribution >= 0.6 is 11.8 Å². The summed E-state index contributed by atoms with van der Waals surface area (Å²) in [5, 5.41) is 11.2. The van der Waals surface area contributed by atoms with Crippen LogP contribution in [0.4, 0.5) is 0 Å². The zero-order valence-electron chi connectivity index (χ0n) is 16.5. The van der Waals surface area contributed by atoms with Crippen LogP contribution in [-0.2, 0) is 0 Å². The molecule has 4 unspecified atom stereocenters. The Balaban J connectivity index is 1.83. The molecule has 140 valence electrons. The molecule has 0 aliphatic heterocycles. The Labute approximate surface area is 157 Å². The number of methoxy groups -OCH3 is 1. The summed E-state index contributed by atoms with van der Waals surface area (Å²) in [7, 11) is 1.71. The van der Waals surface area contributed by atoms with Crippen LogP contribution in [0.25, 0.3) is 0 Å². The van der Waals surface area contributed by atoms with Gasteiger partial charge in [0.25, 0.3) is 0 Å². The summed E-state index contributed by atoms with van der Waals surface area (Å²) < 4.78 is 5.36. The van der Waals surface area contributed by atoms with E-state index >= 15 is 0 Å². The molecular formula is C22H34O2S. The van der Waals surface area contributed by atoms with E-state index in [0.717, 1.165) is 24.3 Å². The maximum atomic E-state index is 11.2. The third kappa shape index (κ3) is 3.60. The molecule has 2 nitrogen and oxygen atoms in total. The Morgan fingerprint density at radius 3 is 2.64 bits per heavy atom. The molecule has 2 aliphatic carbocycles. The second kappa shape index (κ2) is 6.81. The van der Waals surface area contributed by atoms with Crippen LogP contribution in [0.2, 0.25) is 0 Å². The third-order valence-electron chi connectivity index (χ3n) is 7.22. The van der Waals surface area contributed by atoms with E-state index in [1.807, 2.05) is 17.8 Å². The molecule has 1 aromatic rings. The zero-order valence-corrected chi connectivity index (χ0v) is 17.3. The van der Waals surface area contributed by atoms with Gasteiger partial charge in [0.05, 0.1) is 12.7 Å². The van der Waals surface area contributed by atoms with Crippen LogP contribution in [0.5, 0.6) is 5.75 Å². The lowest BCUT2D eigenvalue weighted by Crippen LogP contribution is -2.58. The second-order valence-corrected chi connectivity index (χ2v) is 10.4. The summed E-state index contributed by atoms with van der Waals surface area (Å²) in [4.78, 5) is 1.23. The van der Waals surface area contributed by atoms with E-state index in [1.54, 1.807) is 7.11 Å². The Kier molecular flexibility index (Phi) is 5.20. The van der Waals surface area contributed by atoms with Gasteiger partial charge in [0.2, 0.25) is 0 Å². The van der Waals surface area contributed by atoms with Crippen molar-refractivity contribution in [1.82, 2.24) is 0 Å². The highest BCUT2D eigenvalue weighted by Gasteiger charge is 2.57. The summed E-state index contributed by atoms with van der Waals surface area (Å²) in [5.74, 6) is 2.92. The smallest absolute Gasteiger partial charge is 0.119 e. The van der Waals surface area contributed by atoms with Gasteiger partial charge >= 0.3 is 0 Å². The van der Waals surface area contributed by atoms with Crippen LogP contribution in [0.3, 0.4) is 0 Å². The average Bonchev–Trinajstić information content (AvgIpc) is 2.53. The number of hydrogen-bond donors (Lipinski definition) is 1. The van der Waals surface area contributed by atoms with E-state index in [2.05, 4.69) is 45.9 Å². The largest absolute Gasteiger partial charge is 0.497 e. The number of thioether (sulfide) groups is 1. The summed E-state index contributed by atoms with van der Waals surface area (Å²) in [6.07, 6.45) is 5.96. The minimum Gasteiger partial charge on any atom is -0.497 e. The van der Waals surface area contributed by atoms with Gasteiger partial charge in [-0.1, -0.05) is 33.3 Å². The molecular weight excluding hydrogens is 328 g/mol. The van der Waals surface area contributed by atoms with Crippen LogP contribution in [0, 0.1) is 22.7 Å². The van der Waals surface area contributed by atoms with Crippen molar-refractivity contribution in [3.05, 3.63) is 24.3 Å². The van der Waals surface area contributed by atoms with Gasteiger partial charge in [-0.05, 0) is 67.6 Å². The predicted molar refractivity (Wildman–Crippen MR) is 106 cm³/mol. The monoisotopic (exact) mass is 362 g/mol. The molecule has 1 aromatic carbocycles. The van der Waals surface area contributed by atoms with E-state index in [0.29, 0.717) is 17.3 Å². The second-order valence-electron chi connectivity index (χ2n) is 9.34.